The van der Waals surface area contributed by atoms with Crippen molar-refractivity contribution in [1.82, 2.24) is 5.32 Å². The first-order valence-corrected chi connectivity index (χ1v) is 8.41. The van der Waals surface area contributed by atoms with E-state index >= 15 is 0 Å². The number of primary sulfonamides is 1. The average molecular weight is 298 g/mol. The molecule has 0 bridgehead atoms. The average Bonchev–Trinajstić information content (AvgIpc) is 2.45. The summed E-state index contributed by atoms with van der Waals surface area (Å²) in [7, 11) is -1.83. The third-order valence-electron chi connectivity index (χ3n) is 3.85. The molecule has 1 aromatic carbocycles. The molecule has 3 N–H and O–H groups in total. The predicted octanol–water partition coefficient (Wildman–Crippen LogP) is 1.38. The largest absolute Gasteiger partial charge is 0.381 e. The van der Waals surface area contributed by atoms with E-state index in [0.29, 0.717) is 12.1 Å². The number of hydrogen-bond donors (Lipinski definition) is 2. The summed E-state index contributed by atoms with van der Waals surface area (Å²) in [6, 6.07) is 7.21. The van der Waals surface area contributed by atoms with Crippen LogP contribution in [0.25, 0.3) is 0 Å². The Balaban J connectivity index is 1.83. The van der Waals surface area contributed by atoms with Gasteiger partial charge in [-0.3, -0.25) is 0 Å². The number of hydrogen-bond acceptors (Lipinski definition) is 4. The first-order valence-electron chi connectivity index (χ1n) is 6.87. The minimum absolute atomic E-state index is 0.154. The van der Waals surface area contributed by atoms with Crippen molar-refractivity contribution in [3.63, 3.8) is 0 Å². The molecule has 0 radical (unpaired) electrons. The highest BCUT2D eigenvalue weighted by Crippen LogP contribution is 2.21. The second-order valence-electron chi connectivity index (χ2n) is 5.28. The Morgan fingerprint density at radius 2 is 1.80 bits per heavy atom. The second kappa shape index (κ2) is 6.67. The highest BCUT2D eigenvalue weighted by molar-refractivity contribution is 7.89. The molecule has 6 heteroatoms. The Labute approximate surface area is 120 Å². The zero-order chi connectivity index (χ0) is 14.6. The van der Waals surface area contributed by atoms with Gasteiger partial charge in [0.1, 0.15) is 0 Å². The summed E-state index contributed by atoms with van der Waals surface area (Å²) in [5, 5.41) is 8.57. The van der Waals surface area contributed by atoms with Gasteiger partial charge in [-0.05, 0) is 43.4 Å². The van der Waals surface area contributed by atoms with Gasteiger partial charge in [0.05, 0.1) is 11.0 Å². The third kappa shape index (κ3) is 4.28. The lowest BCUT2D eigenvalue weighted by Gasteiger charge is -2.28. The van der Waals surface area contributed by atoms with Gasteiger partial charge in [-0.1, -0.05) is 12.1 Å². The van der Waals surface area contributed by atoms with Crippen molar-refractivity contribution in [1.29, 1.82) is 0 Å². The molecule has 0 amide bonds. The smallest absolute Gasteiger partial charge is 0.238 e. The van der Waals surface area contributed by atoms with Crippen LogP contribution in [-0.2, 0) is 21.3 Å². The lowest BCUT2D eigenvalue weighted by atomic mass is 9.93. The number of methoxy groups -OCH3 is 1. The maximum atomic E-state index is 11.2. The van der Waals surface area contributed by atoms with Gasteiger partial charge in [-0.15, -0.1) is 0 Å². The van der Waals surface area contributed by atoms with E-state index in [4.69, 9.17) is 9.88 Å². The molecule has 1 aliphatic rings. The molecule has 112 valence electrons. The Morgan fingerprint density at radius 3 is 2.30 bits per heavy atom. The van der Waals surface area contributed by atoms with Gasteiger partial charge in [0, 0.05) is 19.7 Å². The zero-order valence-corrected chi connectivity index (χ0v) is 12.5. The van der Waals surface area contributed by atoms with E-state index in [-0.39, 0.29) is 4.90 Å². The number of nitrogens with two attached hydrogens (primary N) is 1. The molecule has 5 nitrogen and oxygen atoms in total. The second-order valence-corrected chi connectivity index (χ2v) is 6.84. The maximum Gasteiger partial charge on any atom is 0.238 e. The van der Waals surface area contributed by atoms with Gasteiger partial charge in [0.25, 0.3) is 0 Å². The molecule has 0 unspecified atom stereocenters. The molecule has 0 saturated heterocycles. The number of ether oxygens (including phenoxy) is 1. The molecule has 1 aromatic rings. The Bertz CT molecular complexity index is 520. The number of benzene rings is 1. The van der Waals surface area contributed by atoms with Crippen LogP contribution < -0.4 is 10.5 Å². The molecule has 0 aliphatic heterocycles. The first kappa shape index (κ1) is 15.4. The molecular weight excluding hydrogens is 276 g/mol. The molecule has 1 fully saturated rings. The van der Waals surface area contributed by atoms with E-state index in [1.807, 2.05) is 0 Å². The third-order valence-corrected chi connectivity index (χ3v) is 4.78. The van der Waals surface area contributed by atoms with Crippen LogP contribution in [0.15, 0.2) is 29.2 Å². The van der Waals surface area contributed by atoms with Gasteiger partial charge < -0.3 is 10.1 Å². The lowest BCUT2D eigenvalue weighted by Crippen LogP contribution is -2.34. The van der Waals surface area contributed by atoms with Crippen LogP contribution in [-0.4, -0.2) is 27.7 Å². The highest BCUT2D eigenvalue weighted by atomic mass is 32.2. The predicted molar refractivity (Wildman–Crippen MR) is 77.7 cm³/mol. The number of rotatable bonds is 5. The van der Waals surface area contributed by atoms with Crippen molar-refractivity contribution in [2.45, 2.75) is 49.3 Å². The highest BCUT2D eigenvalue weighted by Gasteiger charge is 2.20. The zero-order valence-electron chi connectivity index (χ0n) is 11.7. The summed E-state index contributed by atoms with van der Waals surface area (Å²) in [6.07, 6.45) is 4.83. The van der Waals surface area contributed by atoms with E-state index < -0.39 is 10.0 Å². The maximum absolute atomic E-state index is 11.2. The first-order chi connectivity index (χ1) is 9.49. The van der Waals surface area contributed by atoms with Gasteiger partial charge in [0.15, 0.2) is 0 Å². The summed E-state index contributed by atoms with van der Waals surface area (Å²) in [5.74, 6) is 0. The van der Waals surface area contributed by atoms with Gasteiger partial charge in [-0.2, -0.15) is 0 Å². The van der Waals surface area contributed by atoms with Crippen LogP contribution >= 0.6 is 0 Å². The quantitative estimate of drug-likeness (QED) is 0.860. The van der Waals surface area contributed by atoms with Gasteiger partial charge >= 0.3 is 0 Å². The fourth-order valence-corrected chi connectivity index (χ4v) is 3.08. The Morgan fingerprint density at radius 1 is 1.20 bits per heavy atom. The monoisotopic (exact) mass is 298 g/mol. The molecule has 0 atom stereocenters. The topological polar surface area (TPSA) is 81.4 Å². The van der Waals surface area contributed by atoms with Crippen LogP contribution in [0.3, 0.4) is 0 Å². The molecule has 2 rings (SSSR count). The van der Waals surface area contributed by atoms with Crippen LogP contribution in [0.5, 0.6) is 0 Å². The van der Waals surface area contributed by atoms with E-state index in [2.05, 4.69) is 5.32 Å². The molecule has 0 aromatic heterocycles. The van der Waals surface area contributed by atoms with Crippen LogP contribution in [0, 0.1) is 0 Å². The molecule has 1 saturated carbocycles. The summed E-state index contributed by atoms with van der Waals surface area (Å²) in [6.45, 7) is 0.743. The van der Waals surface area contributed by atoms with Crippen molar-refractivity contribution in [2.75, 3.05) is 7.11 Å². The minimum atomic E-state index is -3.60. The summed E-state index contributed by atoms with van der Waals surface area (Å²) in [4.78, 5) is 0.154. The van der Waals surface area contributed by atoms with Crippen molar-refractivity contribution < 1.29 is 13.2 Å². The minimum Gasteiger partial charge on any atom is -0.381 e. The van der Waals surface area contributed by atoms with Crippen LogP contribution in [0.4, 0.5) is 0 Å². The number of nitrogens with one attached hydrogen (secondary N) is 1. The van der Waals surface area contributed by atoms with E-state index in [1.165, 1.54) is 0 Å². The van der Waals surface area contributed by atoms with Crippen LogP contribution in [0.2, 0.25) is 0 Å². The van der Waals surface area contributed by atoms with Gasteiger partial charge in [-0.25, -0.2) is 13.6 Å². The lowest BCUT2D eigenvalue weighted by molar-refractivity contribution is 0.0624. The molecule has 1 aliphatic carbocycles. The van der Waals surface area contributed by atoms with E-state index in [1.54, 1.807) is 31.4 Å². The van der Waals surface area contributed by atoms with E-state index in [9.17, 15) is 8.42 Å². The van der Waals surface area contributed by atoms with E-state index in [0.717, 1.165) is 37.8 Å². The van der Waals surface area contributed by atoms with Crippen molar-refractivity contribution >= 4 is 10.0 Å². The Kier molecular flexibility index (Phi) is 5.15. The fourth-order valence-electron chi connectivity index (χ4n) is 2.56. The fraction of sp³-hybridized carbons (Fsp3) is 0.571. The summed E-state index contributed by atoms with van der Waals surface area (Å²) in [5.41, 5.74) is 1.06. The molecule has 0 heterocycles. The standard InChI is InChI=1S/C14H22N2O3S/c1-19-13-6-4-12(5-7-13)16-10-11-2-8-14(9-3-11)20(15,17)18/h2-3,8-9,12-13,16H,4-7,10H2,1H3,(H2,15,17,18). The summed E-state index contributed by atoms with van der Waals surface area (Å²) < 4.78 is 27.7. The van der Waals surface area contributed by atoms with Crippen molar-refractivity contribution in [3.05, 3.63) is 29.8 Å². The van der Waals surface area contributed by atoms with Crippen LogP contribution in [0.1, 0.15) is 31.2 Å². The van der Waals surface area contributed by atoms with Crippen molar-refractivity contribution in [2.24, 2.45) is 5.14 Å². The Hall–Kier alpha value is -0.950. The summed E-state index contributed by atoms with van der Waals surface area (Å²) >= 11 is 0. The molecular formula is C14H22N2O3S. The normalized spacial score (nSPS) is 23.7. The van der Waals surface area contributed by atoms with Crippen molar-refractivity contribution in [3.8, 4) is 0 Å². The molecule has 0 spiro atoms. The SMILES string of the molecule is COC1CCC(NCc2ccc(S(N)(=O)=O)cc2)CC1. The molecule has 20 heavy (non-hydrogen) atoms. The van der Waals surface area contributed by atoms with Gasteiger partial charge in [0.2, 0.25) is 10.0 Å². The number of sulfonamides is 1.